The number of carbonyl (C=O) groups is 1. The number of likely N-dealkylation sites (tertiary alicyclic amines) is 1. The molecule has 0 spiro atoms. The van der Waals surface area contributed by atoms with Gasteiger partial charge in [-0.15, -0.1) is 11.8 Å². The number of carbonyl (C=O) groups excluding carboxylic acids is 1. The molecule has 2 aromatic rings. The fraction of sp³-hybridized carbons (Fsp3) is 0.409. The molecule has 3 rings (SSSR count). The predicted octanol–water partition coefficient (Wildman–Crippen LogP) is 6.32. The first kappa shape index (κ1) is 19.5. The minimum absolute atomic E-state index is 0.329. The van der Waals surface area contributed by atoms with Gasteiger partial charge in [-0.2, -0.15) is 0 Å². The Labute approximate surface area is 169 Å². The van der Waals surface area contributed by atoms with Crippen molar-refractivity contribution in [2.24, 2.45) is 5.92 Å². The zero-order chi connectivity index (χ0) is 18.4. The van der Waals surface area contributed by atoms with E-state index >= 15 is 0 Å². The van der Waals surface area contributed by atoms with Crippen molar-refractivity contribution in [2.75, 3.05) is 13.1 Å². The highest BCUT2D eigenvalue weighted by Crippen LogP contribution is 2.38. The second-order valence-electron chi connectivity index (χ2n) is 7.07. The molecule has 1 heterocycles. The van der Waals surface area contributed by atoms with Gasteiger partial charge in [-0.05, 0) is 55.0 Å². The monoisotopic (exact) mass is 431 g/mol. The van der Waals surface area contributed by atoms with Gasteiger partial charge in [-0.1, -0.05) is 53.2 Å². The largest absolute Gasteiger partial charge is 0.343 e. The van der Waals surface area contributed by atoms with Gasteiger partial charge in [-0.25, -0.2) is 0 Å². The van der Waals surface area contributed by atoms with Gasteiger partial charge < -0.3 is 4.90 Å². The second-order valence-corrected chi connectivity index (χ2v) is 9.26. The number of hydrogen-bond acceptors (Lipinski definition) is 2. The van der Waals surface area contributed by atoms with E-state index in [1.165, 1.54) is 10.5 Å². The zero-order valence-electron chi connectivity index (χ0n) is 15.2. The van der Waals surface area contributed by atoms with E-state index < -0.39 is 0 Å². The van der Waals surface area contributed by atoms with Crippen LogP contribution in [0.4, 0.5) is 0 Å². The summed E-state index contributed by atoms with van der Waals surface area (Å²) in [5.41, 5.74) is 1.33. The number of nitrogens with zero attached hydrogens (tertiary/aromatic N) is 1. The normalized spacial score (nSPS) is 19.2. The molecule has 2 nitrogen and oxygen atoms in total. The minimum atomic E-state index is 0.329. The van der Waals surface area contributed by atoms with Gasteiger partial charge in [0.05, 0.1) is 0 Å². The van der Waals surface area contributed by atoms with E-state index in [-0.39, 0.29) is 0 Å². The summed E-state index contributed by atoms with van der Waals surface area (Å²) in [5, 5.41) is 0.353. The molecule has 138 valence electrons. The van der Waals surface area contributed by atoms with Crippen LogP contribution in [0.1, 0.15) is 43.4 Å². The summed E-state index contributed by atoms with van der Waals surface area (Å²) in [7, 11) is 0. The van der Waals surface area contributed by atoms with Gasteiger partial charge >= 0.3 is 0 Å². The van der Waals surface area contributed by atoms with Crippen LogP contribution in [0, 0.1) is 5.92 Å². The third-order valence-electron chi connectivity index (χ3n) is 5.02. The zero-order valence-corrected chi connectivity index (χ0v) is 17.6. The van der Waals surface area contributed by atoms with Crippen molar-refractivity contribution >= 4 is 33.6 Å². The van der Waals surface area contributed by atoms with Crippen LogP contribution < -0.4 is 0 Å². The molecular formula is C22H26BrNOS. The van der Waals surface area contributed by atoms with E-state index in [2.05, 4.69) is 82.4 Å². The molecule has 0 aromatic heterocycles. The molecule has 0 aliphatic carbocycles. The first-order valence-electron chi connectivity index (χ1n) is 9.37. The van der Waals surface area contributed by atoms with Crippen molar-refractivity contribution in [1.29, 1.82) is 0 Å². The van der Waals surface area contributed by atoms with Crippen LogP contribution in [-0.4, -0.2) is 23.9 Å². The van der Waals surface area contributed by atoms with Gasteiger partial charge in [0.15, 0.2) is 0 Å². The van der Waals surface area contributed by atoms with E-state index in [4.69, 9.17) is 0 Å². The molecule has 4 heteroatoms. The van der Waals surface area contributed by atoms with Gasteiger partial charge in [0.1, 0.15) is 0 Å². The van der Waals surface area contributed by atoms with Gasteiger partial charge in [0, 0.05) is 34.1 Å². The van der Waals surface area contributed by atoms with Crippen molar-refractivity contribution in [3.05, 3.63) is 64.6 Å². The van der Waals surface area contributed by atoms with Crippen molar-refractivity contribution in [3.63, 3.8) is 0 Å². The lowest BCUT2D eigenvalue weighted by Gasteiger charge is -2.24. The summed E-state index contributed by atoms with van der Waals surface area (Å²) in [6, 6.07) is 19.1. The molecule has 0 saturated carbocycles. The molecule has 0 unspecified atom stereocenters. The summed E-state index contributed by atoms with van der Waals surface area (Å²) in [6.45, 7) is 4.01. The predicted molar refractivity (Wildman–Crippen MR) is 113 cm³/mol. The molecule has 2 aromatic carbocycles. The number of rotatable bonds is 6. The second kappa shape index (κ2) is 9.61. The Morgan fingerprint density at radius 1 is 1.12 bits per heavy atom. The SMILES string of the molecule is C[C@@H]1CCC(=O)N(CC[C@H](Sc2ccc(Br)cc2)c2ccccc2)CC1. The molecular weight excluding hydrogens is 406 g/mol. The van der Waals surface area contributed by atoms with E-state index in [0.717, 1.165) is 36.8 Å². The standard InChI is InChI=1S/C22H26BrNOS/c1-17-7-12-22(25)24(15-13-17)16-14-21(18-5-3-2-4-6-18)26-20-10-8-19(23)9-11-20/h2-6,8-11,17,21H,7,12-16H2,1H3/t17-,21+/m1/s1. The molecule has 1 amide bonds. The first-order chi connectivity index (χ1) is 12.6. The van der Waals surface area contributed by atoms with E-state index in [0.29, 0.717) is 23.5 Å². The number of benzene rings is 2. The van der Waals surface area contributed by atoms with Crippen molar-refractivity contribution in [1.82, 2.24) is 4.90 Å². The average Bonchev–Trinajstić information content (AvgIpc) is 2.82. The summed E-state index contributed by atoms with van der Waals surface area (Å²) >= 11 is 5.39. The Kier molecular flexibility index (Phi) is 7.21. The van der Waals surface area contributed by atoms with E-state index in [1.54, 1.807) is 0 Å². The summed E-state index contributed by atoms with van der Waals surface area (Å²) in [5.74, 6) is 0.987. The minimum Gasteiger partial charge on any atom is -0.343 e. The van der Waals surface area contributed by atoms with Crippen LogP contribution >= 0.6 is 27.7 Å². The molecule has 0 bridgehead atoms. The van der Waals surface area contributed by atoms with Crippen molar-refractivity contribution in [3.8, 4) is 0 Å². The molecule has 0 radical (unpaired) electrons. The Morgan fingerprint density at radius 2 is 1.85 bits per heavy atom. The lowest BCUT2D eigenvalue weighted by Crippen LogP contribution is -2.31. The third-order valence-corrected chi connectivity index (χ3v) is 6.89. The fourth-order valence-corrected chi connectivity index (χ4v) is 4.72. The maximum Gasteiger partial charge on any atom is 0.222 e. The smallest absolute Gasteiger partial charge is 0.222 e. The topological polar surface area (TPSA) is 20.3 Å². The Hall–Kier alpha value is -1.26. The fourth-order valence-electron chi connectivity index (χ4n) is 3.32. The summed E-state index contributed by atoms with van der Waals surface area (Å²) in [4.78, 5) is 15.8. The van der Waals surface area contributed by atoms with Crippen LogP contribution in [0.2, 0.25) is 0 Å². The molecule has 1 fully saturated rings. The molecule has 2 atom stereocenters. The first-order valence-corrected chi connectivity index (χ1v) is 11.0. The highest BCUT2D eigenvalue weighted by Gasteiger charge is 2.22. The number of halogens is 1. The van der Waals surface area contributed by atoms with Crippen LogP contribution in [0.3, 0.4) is 0 Å². The summed E-state index contributed by atoms with van der Waals surface area (Å²) in [6.07, 6.45) is 3.84. The van der Waals surface area contributed by atoms with E-state index in [9.17, 15) is 4.79 Å². The molecule has 0 N–H and O–H groups in total. The number of thioether (sulfide) groups is 1. The quantitative estimate of drug-likeness (QED) is 0.498. The van der Waals surface area contributed by atoms with Crippen LogP contribution in [0.25, 0.3) is 0 Å². The lowest BCUT2D eigenvalue weighted by molar-refractivity contribution is -0.130. The van der Waals surface area contributed by atoms with Crippen LogP contribution in [-0.2, 0) is 4.79 Å². The third kappa shape index (κ3) is 5.62. The lowest BCUT2D eigenvalue weighted by atomic mass is 10.0. The Balaban J connectivity index is 1.69. The molecule has 1 aliphatic rings. The molecule has 1 saturated heterocycles. The summed E-state index contributed by atoms with van der Waals surface area (Å²) < 4.78 is 1.10. The number of hydrogen-bond donors (Lipinski definition) is 0. The van der Waals surface area contributed by atoms with Crippen LogP contribution in [0.15, 0.2) is 64.0 Å². The highest BCUT2D eigenvalue weighted by molar-refractivity contribution is 9.10. The molecule has 1 aliphatic heterocycles. The van der Waals surface area contributed by atoms with Gasteiger partial charge in [-0.3, -0.25) is 4.79 Å². The van der Waals surface area contributed by atoms with Crippen LogP contribution in [0.5, 0.6) is 0 Å². The van der Waals surface area contributed by atoms with Gasteiger partial charge in [0.25, 0.3) is 0 Å². The average molecular weight is 432 g/mol. The van der Waals surface area contributed by atoms with Crippen molar-refractivity contribution in [2.45, 2.75) is 42.8 Å². The Bertz CT molecular complexity index is 704. The van der Waals surface area contributed by atoms with Crippen molar-refractivity contribution < 1.29 is 4.79 Å². The van der Waals surface area contributed by atoms with Gasteiger partial charge in [0.2, 0.25) is 5.91 Å². The highest BCUT2D eigenvalue weighted by atomic mass is 79.9. The Morgan fingerprint density at radius 3 is 2.58 bits per heavy atom. The number of amides is 1. The maximum absolute atomic E-state index is 12.4. The molecule has 26 heavy (non-hydrogen) atoms. The van der Waals surface area contributed by atoms with E-state index in [1.807, 2.05) is 11.8 Å². The maximum atomic E-state index is 12.4.